The van der Waals surface area contributed by atoms with Crippen LogP contribution in [0.3, 0.4) is 0 Å². The van der Waals surface area contributed by atoms with Gasteiger partial charge in [-0.3, -0.25) is 0 Å². The third-order valence-corrected chi connectivity index (χ3v) is 2.16. The molecule has 1 heterocycles. The van der Waals surface area contributed by atoms with Crippen molar-refractivity contribution in [3.63, 3.8) is 0 Å². The van der Waals surface area contributed by atoms with Gasteiger partial charge in [0.05, 0.1) is 11.7 Å². The molecule has 0 aliphatic heterocycles. The third kappa shape index (κ3) is 2.84. The molecule has 0 radical (unpaired) electrons. The van der Waals surface area contributed by atoms with Gasteiger partial charge in [-0.15, -0.1) is 0 Å². The monoisotopic (exact) mass is 223 g/mol. The number of hydrogen-bond acceptors (Lipinski definition) is 4. The Kier molecular flexibility index (Phi) is 3.41. The van der Waals surface area contributed by atoms with Crippen molar-refractivity contribution in [2.75, 3.05) is 5.73 Å². The number of nitrogens with zero attached hydrogens (tertiary/aromatic N) is 2. The Hall–Kier alpha value is -1.32. The van der Waals surface area contributed by atoms with Crippen LogP contribution < -0.4 is 10.5 Å². The minimum Gasteiger partial charge on any atom is -0.475 e. The first-order valence-electron chi connectivity index (χ1n) is 5.53. The smallest absolute Gasteiger partial charge is 0.222 e. The fourth-order valence-corrected chi connectivity index (χ4v) is 1.19. The second-order valence-electron chi connectivity index (χ2n) is 5.28. The minimum absolute atomic E-state index is 0.0841. The number of aromatic nitrogens is 2. The molecular formula is C12H21N3O. The summed E-state index contributed by atoms with van der Waals surface area (Å²) in [5, 5.41) is 0. The van der Waals surface area contributed by atoms with E-state index in [4.69, 9.17) is 10.5 Å². The number of anilines is 1. The van der Waals surface area contributed by atoms with Crippen molar-refractivity contribution in [1.29, 1.82) is 0 Å². The van der Waals surface area contributed by atoms with E-state index in [-0.39, 0.29) is 11.5 Å². The lowest BCUT2D eigenvalue weighted by molar-refractivity contribution is 0.228. The number of nitrogens with two attached hydrogens (primary N) is 1. The van der Waals surface area contributed by atoms with Crippen molar-refractivity contribution in [2.45, 2.75) is 53.1 Å². The van der Waals surface area contributed by atoms with Crippen molar-refractivity contribution >= 4 is 5.82 Å². The van der Waals surface area contributed by atoms with E-state index >= 15 is 0 Å². The largest absolute Gasteiger partial charge is 0.475 e. The summed E-state index contributed by atoms with van der Waals surface area (Å²) in [5.74, 6) is 1.80. The molecule has 0 aromatic carbocycles. The molecule has 4 nitrogen and oxygen atoms in total. The van der Waals surface area contributed by atoms with E-state index in [2.05, 4.69) is 30.7 Å². The van der Waals surface area contributed by atoms with Gasteiger partial charge in [-0.1, -0.05) is 20.8 Å². The molecule has 1 aromatic heterocycles. The predicted octanol–water partition coefficient (Wildman–Crippen LogP) is 2.45. The van der Waals surface area contributed by atoms with E-state index in [1.54, 1.807) is 0 Å². The van der Waals surface area contributed by atoms with Gasteiger partial charge in [0.25, 0.3) is 0 Å². The Balaban J connectivity index is 3.22. The summed E-state index contributed by atoms with van der Waals surface area (Å²) in [4.78, 5) is 8.73. The predicted molar refractivity (Wildman–Crippen MR) is 65.6 cm³/mol. The maximum absolute atomic E-state index is 5.86. The molecule has 0 fully saturated rings. The second kappa shape index (κ2) is 4.28. The van der Waals surface area contributed by atoms with E-state index in [0.717, 1.165) is 5.56 Å². The maximum atomic E-state index is 5.86. The first-order valence-corrected chi connectivity index (χ1v) is 5.53. The Labute approximate surface area is 97.2 Å². The van der Waals surface area contributed by atoms with Crippen molar-refractivity contribution < 1.29 is 4.74 Å². The SMILES string of the molecule is Cc1c(N)nc(C(C)(C)C)nc1OC(C)C. The van der Waals surface area contributed by atoms with E-state index in [1.165, 1.54) is 0 Å². The highest BCUT2D eigenvalue weighted by Gasteiger charge is 2.21. The van der Waals surface area contributed by atoms with Gasteiger partial charge in [-0.05, 0) is 20.8 Å². The van der Waals surface area contributed by atoms with Crippen LogP contribution in [0.5, 0.6) is 5.88 Å². The number of ether oxygens (including phenoxy) is 1. The molecule has 0 aliphatic carbocycles. The lowest BCUT2D eigenvalue weighted by atomic mass is 9.95. The molecule has 0 aliphatic rings. The van der Waals surface area contributed by atoms with Crippen LogP contribution in [-0.2, 0) is 5.41 Å². The van der Waals surface area contributed by atoms with Crippen LogP contribution in [0.15, 0.2) is 0 Å². The fraction of sp³-hybridized carbons (Fsp3) is 0.667. The van der Waals surface area contributed by atoms with E-state index in [0.29, 0.717) is 17.5 Å². The summed E-state index contributed by atoms with van der Waals surface area (Å²) >= 11 is 0. The van der Waals surface area contributed by atoms with Gasteiger partial charge in [0, 0.05) is 5.41 Å². The number of nitrogen functional groups attached to an aromatic ring is 1. The molecule has 0 amide bonds. The van der Waals surface area contributed by atoms with Gasteiger partial charge >= 0.3 is 0 Å². The molecule has 0 atom stereocenters. The highest BCUT2D eigenvalue weighted by atomic mass is 16.5. The van der Waals surface area contributed by atoms with Gasteiger partial charge in [-0.2, -0.15) is 4.98 Å². The van der Waals surface area contributed by atoms with Gasteiger partial charge < -0.3 is 10.5 Å². The quantitative estimate of drug-likeness (QED) is 0.836. The molecule has 1 rings (SSSR count). The van der Waals surface area contributed by atoms with E-state index < -0.39 is 0 Å². The molecule has 0 spiro atoms. The zero-order valence-corrected chi connectivity index (χ0v) is 11.0. The summed E-state index contributed by atoms with van der Waals surface area (Å²) in [7, 11) is 0. The third-order valence-electron chi connectivity index (χ3n) is 2.16. The molecule has 0 saturated heterocycles. The van der Waals surface area contributed by atoms with Crippen molar-refractivity contribution in [3.8, 4) is 5.88 Å². The standard InChI is InChI=1S/C12H21N3O/c1-7(2)16-10-8(3)9(13)14-11(15-10)12(4,5)6/h7H,1-6H3,(H2,13,14,15). The molecule has 4 heteroatoms. The molecule has 1 aromatic rings. The van der Waals surface area contributed by atoms with E-state index in [1.807, 2.05) is 20.8 Å². The Bertz CT molecular complexity index is 381. The Morgan fingerprint density at radius 2 is 1.75 bits per heavy atom. The number of rotatable bonds is 2. The van der Waals surface area contributed by atoms with Crippen LogP contribution in [0, 0.1) is 6.92 Å². The molecule has 0 bridgehead atoms. The molecule has 0 saturated carbocycles. The molecule has 2 N–H and O–H groups in total. The Morgan fingerprint density at radius 3 is 2.19 bits per heavy atom. The molecule has 16 heavy (non-hydrogen) atoms. The summed E-state index contributed by atoms with van der Waals surface area (Å²) < 4.78 is 5.63. The summed E-state index contributed by atoms with van der Waals surface area (Å²) in [6, 6.07) is 0. The zero-order valence-electron chi connectivity index (χ0n) is 11.0. The van der Waals surface area contributed by atoms with Gasteiger partial charge in [0.2, 0.25) is 5.88 Å². The zero-order chi connectivity index (χ0) is 12.5. The van der Waals surface area contributed by atoms with Crippen LogP contribution >= 0.6 is 0 Å². The van der Waals surface area contributed by atoms with Gasteiger partial charge in [0.1, 0.15) is 11.6 Å². The average Bonchev–Trinajstić information content (AvgIpc) is 2.10. The normalized spacial score (nSPS) is 11.9. The molecular weight excluding hydrogens is 202 g/mol. The van der Waals surface area contributed by atoms with Crippen molar-refractivity contribution in [3.05, 3.63) is 11.4 Å². The molecule has 90 valence electrons. The highest BCUT2D eigenvalue weighted by molar-refractivity contribution is 5.45. The summed E-state index contributed by atoms with van der Waals surface area (Å²) in [5.41, 5.74) is 6.54. The number of hydrogen-bond donors (Lipinski definition) is 1. The topological polar surface area (TPSA) is 61.0 Å². The average molecular weight is 223 g/mol. The minimum atomic E-state index is -0.128. The van der Waals surface area contributed by atoms with Crippen LogP contribution in [0.25, 0.3) is 0 Å². The van der Waals surface area contributed by atoms with Crippen molar-refractivity contribution in [1.82, 2.24) is 9.97 Å². The summed E-state index contributed by atoms with van der Waals surface area (Å²) in [6.45, 7) is 12.0. The maximum Gasteiger partial charge on any atom is 0.222 e. The first-order chi connectivity index (χ1) is 7.21. The van der Waals surface area contributed by atoms with Crippen LogP contribution in [0.2, 0.25) is 0 Å². The first kappa shape index (κ1) is 12.7. The van der Waals surface area contributed by atoms with Crippen LogP contribution in [0.4, 0.5) is 5.82 Å². The van der Waals surface area contributed by atoms with Gasteiger partial charge in [-0.25, -0.2) is 4.98 Å². The lowest BCUT2D eigenvalue weighted by Gasteiger charge is -2.20. The van der Waals surface area contributed by atoms with Gasteiger partial charge in [0.15, 0.2) is 0 Å². The second-order valence-corrected chi connectivity index (χ2v) is 5.28. The van der Waals surface area contributed by atoms with Crippen LogP contribution in [-0.4, -0.2) is 16.1 Å². The van der Waals surface area contributed by atoms with Crippen LogP contribution in [0.1, 0.15) is 46.0 Å². The Morgan fingerprint density at radius 1 is 1.19 bits per heavy atom. The fourth-order valence-electron chi connectivity index (χ4n) is 1.19. The highest BCUT2D eigenvalue weighted by Crippen LogP contribution is 2.26. The van der Waals surface area contributed by atoms with E-state index in [9.17, 15) is 0 Å². The lowest BCUT2D eigenvalue weighted by Crippen LogP contribution is -2.19. The van der Waals surface area contributed by atoms with Crippen molar-refractivity contribution in [2.24, 2.45) is 0 Å². The molecule has 0 unspecified atom stereocenters. The summed E-state index contributed by atoms with van der Waals surface area (Å²) in [6.07, 6.45) is 0.0841.